The third-order valence-electron chi connectivity index (χ3n) is 4.98. The van der Waals surface area contributed by atoms with Crippen molar-refractivity contribution in [2.75, 3.05) is 18.6 Å². The van der Waals surface area contributed by atoms with Crippen molar-refractivity contribution in [1.82, 2.24) is 4.98 Å². The molecule has 0 aliphatic rings. The number of carbonyl (C=O) groups excluding carboxylic acids is 1. The molecule has 0 fully saturated rings. The summed E-state index contributed by atoms with van der Waals surface area (Å²) in [6.45, 7) is -0.331. The van der Waals surface area contributed by atoms with Gasteiger partial charge in [-0.1, -0.05) is 18.2 Å². The molecule has 174 valence electrons. The molecular formula is C25H18N4O5S. The maximum Gasteiger partial charge on any atom is 0.271 e. The Hall–Kier alpha value is -4.75. The Kier molecular flexibility index (Phi) is 6.99. The van der Waals surface area contributed by atoms with Gasteiger partial charge in [-0.3, -0.25) is 19.8 Å². The lowest BCUT2D eigenvalue weighted by atomic mass is 10.1. The van der Waals surface area contributed by atoms with Crippen molar-refractivity contribution in [3.05, 3.63) is 93.9 Å². The van der Waals surface area contributed by atoms with E-state index in [-0.39, 0.29) is 12.3 Å². The van der Waals surface area contributed by atoms with Crippen LogP contribution in [0.5, 0.6) is 11.5 Å². The molecule has 0 atom stereocenters. The third-order valence-corrected chi connectivity index (χ3v) is 5.80. The largest absolute Gasteiger partial charge is 0.497 e. The van der Waals surface area contributed by atoms with Gasteiger partial charge in [0.25, 0.3) is 11.6 Å². The van der Waals surface area contributed by atoms with Crippen molar-refractivity contribution in [2.45, 2.75) is 0 Å². The minimum absolute atomic E-state index is 0.0211. The number of methoxy groups -OCH3 is 1. The highest BCUT2D eigenvalue weighted by Crippen LogP contribution is 2.34. The lowest BCUT2D eigenvalue weighted by Gasteiger charge is -2.21. The molecule has 10 heteroatoms. The average molecular weight is 487 g/mol. The van der Waals surface area contributed by atoms with Gasteiger partial charge in [0, 0.05) is 29.1 Å². The van der Waals surface area contributed by atoms with Crippen LogP contribution in [0.2, 0.25) is 0 Å². The van der Waals surface area contributed by atoms with Crippen LogP contribution in [-0.4, -0.2) is 29.5 Å². The van der Waals surface area contributed by atoms with Crippen LogP contribution in [0.1, 0.15) is 5.56 Å². The maximum atomic E-state index is 13.4. The summed E-state index contributed by atoms with van der Waals surface area (Å²) in [6.07, 6.45) is 0. The number of hydrogen-bond acceptors (Lipinski definition) is 8. The van der Waals surface area contributed by atoms with E-state index in [2.05, 4.69) is 4.98 Å². The highest BCUT2D eigenvalue weighted by Gasteiger charge is 2.23. The van der Waals surface area contributed by atoms with E-state index in [0.29, 0.717) is 39.1 Å². The second-order valence-electron chi connectivity index (χ2n) is 7.15. The first-order valence-electron chi connectivity index (χ1n) is 10.3. The number of nitriles is 1. The van der Waals surface area contributed by atoms with Crippen molar-refractivity contribution in [3.8, 4) is 28.8 Å². The van der Waals surface area contributed by atoms with Crippen LogP contribution in [-0.2, 0) is 4.79 Å². The normalized spacial score (nSPS) is 10.3. The Morgan fingerprint density at radius 1 is 1.14 bits per heavy atom. The van der Waals surface area contributed by atoms with Crippen LogP contribution in [0.25, 0.3) is 11.3 Å². The van der Waals surface area contributed by atoms with Gasteiger partial charge in [-0.15, -0.1) is 11.3 Å². The first-order valence-corrected chi connectivity index (χ1v) is 11.2. The average Bonchev–Trinajstić information content (AvgIpc) is 3.37. The molecule has 35 heavy (non-hydrogen) atoms. The molecular weight excluding hydrogens is 468 g/mol. The van der Waals surface area contributed by atoms with E-state index in [9.17, 15) is 20.2 Å². The number of nitrogens with zero attached hydrogens (tertiary/aromatic N) is 4. The number of amides is 1. The fraction of sp³-hybridized carbons (Fsp3) is 0.0800. The molecule has 0 radical (unpaired) electrons. The smallest absolute Gasteiger partial charge is 0.271 e. The summed E-state index contributed by atoms with van der Waals surface area (Å²) in [4.78, 5) is 29.8. The van der Waals surface area contributed by atoms with Crippen molar-refractivity contribution in [3.63, 3.8) is 0 Å². The van der Waals surface area contributed by atoms with Crippen LogP contribution < -0.4 is 14.4 Å². The zero-order valence-electron chi connectivity index (χ0n) is 18.5. The Morgan fingerprint density at radius 3 is 2.63 bits per heavy atom. The van der Waals surface area contributed by atoms with Gasteiger partial charge >= 0.3 is 0 Å². The molecule has 0 aliphatic carbocycles. The van der Waals surface area contributed by atoms with Gasteiger partial charge in [0.1, 0.15) is 17.6 Å². The number of aromatic nitrogens is 1. The summed E-state index contributed by atoms with van der Waals surface area (Å²) in [6, 6.07) is 21.7. The highest BCUT2D eigenvalue weighted by molar-refractivity contribution is 7.14. The molecule has 0 saturated carbocycles. The molecule has 4 rings (SSSR count). The monoisotopic (exact) mass is 486 g/mol. The van der Waals surface area contributed by atoms with Crippen molar-refractivity contribution < 1.29 is 19.2 Å². The number of rotatable bonds is 8. The number of para-hydroxylation sites is 1. The van der Waals surface area contributed by atoms with Gasteiger partial charge in [0.2, 0.25) is 0 Å². The van der Waals surface area contributed by atoms with Crippen molar-refractivity contribution in [2.24, 2.45) is 0 Å². The molecule has 0 unspecified atom stereocenters. The first-order chi connectivity index (χ1) is 17.0. The summed E-state index contributed by atoms with van der Waals surface area (Å²) in [5.74, 6) is 0.457. The van der Waals surface area contributed by atoms with Crippen LogP contribution in [0.3, 0.4) is 0 Å². The van der Waals surface area contributed by atoms with Crippen molar-refractivity contribution >= 4 is 33.8 Å². The van der Waals surface area contributed by atoms with Crippen molar-refractivity contribution in [1.29, 1.82) is 5.26 Å². The zero-order chi connectivity index (χ0) is 24.8. The van der Waals surface area contributed by atoms with Gasteiger partial charge in [-0.25, -0.2) is 4.98 Å². The molecule has 0 spiro atoms. The van der Waals surface area contributed by atoms with Crippen LogP contribution >= 0.6 is 11.3 Å². The molecule has 4 aromatic rings. The fourth-order valence-electron chi connectivity index (χ4n) is 3.25. The number of nitro groups is 1. The summed E-state index contributed by atoms with van der Waals surface area (Å²) >= 11 is 1.24. The number of benzene rings is 3. The number of thiazole rings is 1. The molecule has 0 bridgehead atoms. The van der Waals surface area contributed by atoms with Crippen LogP contribution in [0, 0.1) is 21.4 Å². The number of hydrogen-bond donors (Lipinski definition) is 0. The minimum atomic E-state index is -0.468. The van der Waals surface area contributed by atoms with Crippen LogP contribution in [0.4, 0.5) is 16.5 Å². The number of ether oxygens (including phenoxy) is 2. The van der Waals surface area contributed by atoms with E-state index in [1.807, 2.05) is 6.07 Å². The molecule has 3 aromatic carbocycles. The predicted octanol–water partition coefficient (Wildman–Crippen LogP) is 5.34. The second-order valence-corrected chi connectivity index (χ2v) is 7.98. The highest BCUT2D eigenvalue weighted by atomic mass is 32.1. The molecule has 1 amide bonds. The minimum Gasteiger partial charge on any atom is -0.497 e. The molecule has 0 aliphatic heterocycles. The second kappa shape index (κ2) is 10.5. The summed E-state index contributed by atoms with van der Waals surface area (Å²) in [5, 5.41) is 22.4. The Morgan fingerprint density at radius 2 is 1.91 bits per heavy atom. The van der Waals surface area contributed by atoms with E-state index in [1.54, 1.807) is 66.0 Å². The Bertz CT molecular complexity index is 1410. The first kappa shape index (κ1) is 23.4. The van der Waals surface area contributed by atoms with Gasteiger partial charge < -0.3 is 9.47 Å². The fourth-order valence-corrected chi connectivity index (χ4v) is 4.12. The standard InChI is InChI=1S/C25H18N4O5S/c1-33-21-7-4-6-20(13-21)28(24(30)15-34-23-8-3-2-5-18(23)14-26)25-27-22(16-35-25)17-9-11-19(12-10-17)29(31)32/h2-13,16H,15H2,1H3. The molecule has 1 heterocycles. The quantitative estimate of drug-likeness (QED) is 0.243. The molecule has 0 N–H and O–H groups in total. The Labute approximate surface area is 204 Å². The van der Waals surface area contributed by atoms with E-state index in [1.165, 1.54) is 35.5 Å². The topological polar surface area (TPSA) is 119 Å². The summed E-state index contributed by atoms with van der Waals surface area (Å²) in [7, 11) is 1.53. The Balaban J connectivity index is 1.65. The molecule has 9 nitrogen and oxygen atoms in total. The summed E-state index contributed by atoms with van der Waals surface area (Å²) in [5.41, 5.74) is 2.07. The third kappa shape index (κ3) is 5.26. The van der Waals surface area contributed by atoms with E-state index >= 15 is 0 Å². The van der Waals surface area contributed by atoms with E-state index in [0.717, 1.165) is 0 Å². The SMILES string of the molecule is COc1cccc(N(C(=O)COc2ccccc2C#N)c2nc(-c3ccc([N+](=O)[O-])cc3)cs2)c1. The van der Waals surface area contributed by atoms with Crippen LogP contribution in [0.15, 0.2) is 78.2 Å². The van der Waals surface area contributed by atoms with Gasteiger partial charge in [0.15, 0.2) is 11.7 Å². The lowest BCUT2D eigenvalue weighted by molar-refractivity contribution is -0.384. The lowest BCUT2D eigenvalue weighted by Crippen LogP contribution is -2.31. The maximum absolute atomic E-state index is 13.4. The number of nitro benzene ring substituents is 1. The van der Waals surface area contributed by atoms with E-state index < -0.39 is 10.8 Å². The number of carbonyl (C=O) groups is 1. The van der Waals surface area contributed by atoms with Gasteiger partial charge in [-0.2, -0.15) is 5.26 Å². The number of anilines is 2. The van der Waals surface area contributed by atoms with Gasteiger partial charge in [0.05, 0.1) is 29.0 Å². The summed E-state index contributed by atoms with van der Waals surface area (Å²) < 4.78 is 11.0. The number of non-ortho nitro benzene ring substituents is 1. The van der Waals surface area contributed by atoms with E-state index in [4.69, 9.17) is 9.47 Å². The van der Waals surface area contributed by atoms with Gasteiger partial charge in [-0.05, 0) is 36.4 Å². The zero-order valence-corrected chi connectivity index (χ0v) is 19.3. The molecule has 0 saturated heterocycles. The predicted molar refractivity (Wildman–Crippen MR) is 131 cm³/mol. The molecule has 1 aromatic heterocycles.